The molecule has 0 spiro atoms. The van der Waals surface area contributed by atoms with E-state index in [1.807, 2.05) is 0 Å². The first-order valence-electron chi connectivity index (χ1n) is 13.5. The molecule has 2 N–H and O–H groups in total. The first kappa shape index (κ1) is 28.5. The van der Waals surface area contributed by atoms with E-state index in [1.54, 1.807) is 7.05 Å². The van der Waals surface area contributed by atoms with Gasteiger partial charge in [0.2, 0.25) is 11.8 Å². The van der Waals surface area contributed by atoms with Gasteiger partial charge in [0.25, 0.3) is 17.8 Å². The number of imidazole rings is 1. The van der Waals surface area contributed by atoms with Gasteiger partial charge in [-0.3, -0.25) is 14.3 Å². The summed E-state index contributed by atoms with van der Waals surface area (Å²) >= 11 is 0. The number of amides is 2. The van der Waals surface area contributed by atoms with E-state index in [4.69, 9.17) is 0 Å². The number of halogens is 7. The first-order valence-corrected chi connectivity index (χ1v) is 13.5. The lowest BCUT2D eigenvalue weighted by atomic mass is 9.60. The molecule has 42 heavy (non-hydrogen) atoms. The van der Waals surface area contributed by atoms with Gasteiger partial charge in [-0.1, -0.05) is 6.07 Å². The fraction of sp³-hybridized carbons (Fsp3) is 0.556. The minimum absolute atomic E-state index is 0.0429. The van der Waals surface area contributed by atoms with Gasteiger partial charge in [-0.05, 0) is 30.9 Å². The smallest absolute Gasteiger partial charge is 0.282 e. The van der Waals surface area contributed by atoms with Crippen LogP contribution in [0.5, 0.6) is 0 Å². The molecule has 3 fully saturated rings. The van der Waals surface area contributed by atoms with Gasteiger partial charge in [0.15, 0.2) is 5.82 Å². The number of H-pyrrole nitrogens is 1. The van der Waals surface area contributed by atoms with Gasteiger partial charge in [-0.15, -0.1) is 0 Å². The summed E-state index contributed by atoms with van der Waals surface area (Å²) in [6, 6.07) is 3.03. The molecule has 2 amide bonds. The van der Waals surface area contributed by atoms with E-state index in [1.165, 1.54) is 23.0 Å². The van der Waals surface area contributed by atoms with Crippen molar-refractivity contribution in [2.75, 3.05) is 13.1 Å². The average molecular weight is 601 g/mol. The van der Waals surface area contributed by atoms with Crippen molar-refractivity contribution in [3.05, 3.63) is 47.3 Å². The Kier molecular flexibility index (Phi) is 6.39. The molecule has 6 rings (SSSR count). The second-order valence-electron chi connectivity index (χ2n) is 11.7. The number of aryl methyl sites for hydroxylation is 1. The highest BCUT2D eigenvalue weighted by molar-refractivity contribution is 5.93. The topological polar surface area (TPSA) is 95.9 Å². The number of hydrogen-bond donors (Lipinski definition) is 2. The molecule has 2 saturated carbocycles. The summed E-state index contributed by atoms with van der Waals surface area (Å²) in [5.74, 6) is -12.3. The molecule has 2 aliphatic carbocycles. The second-order valence-corrected chi connectivity index (χ2v) is 11.7. The van der Waals surface area contributed by atoms with Crippen LogP contribution in [0.1, 0.15) is 66.4 Å². The maximum absolute atomic E-state index is 16.0. The van der Waals surface area contributed by atoms with E-state index >= 15 is 4.39 Å². The highest BCUT2D eigenvalue weighted by Crippen LogP contribution is 2.56. The van der Waals surface area contributed by atoms with Crippen LogP contribution in [0.3, 0.4) is 0 Å². The lowest BCUT2D eigenvalue weighted by Gasteiger charge is -2.51. The number of benzene rings is 1. The number of aromatic nitrogens is 4. The number of hydrogen-bond acceptors (Lipinski definition) is 4. The molecular formula is C27H27F7N6O2. The van der Waals surface area contributed by atoms with E-state index in [-0.39, 0.29) is 41.0 Å². The van der Waals surface area contributed by atoms with Gasteiger partial charge in [0.1, 0.15) is 17.0 Å². The van der Waals surface area contributed by atoms with Crippen molar-refractivity contribution < 1.29 is 40.3 Å². The third-order valence-electron chi connectivity index (χ3n) is 8.66. The number of carbonyl (C=O) groups is 2. The van der Waals surface area contributed by atoms with Crippen molar-refractivity contribution in [2.45, 2.75) is 67.7 Å². The Balaban J connectivity index is 1.36. The van der Waals surface area contributed by atoms with Crippen molar-refractivity contribution in [1.29, 1.82) is 0 Å². The second kappa shape index (κ2) is 9.43. The number of rotatable bonds is 6. The molecule has 0 radical (unpaired) electrons. The molecule has 1 saturated heterocycles. The Labute approximate surface area is 234 Å². The van der Waals surface area contributed by atoms with Crippen molar-refractivity contribution in [3.63, 3.8) is 0 Å². The van der Waals surface area contributed by atoms with Gasteiger partial charge >= 0.3 is 0 Å². The van der Waals surface area contributed by atoms with Gasteiger partial charge in [-0.25, -0.2) is 35.7 Å². The van der Waals surface area contributed by atoms with Gasteiger partial charge < -0.3 is 15.2 Å². The van der Waals surface area contributed by atoms with Crippen molar-refractivity contribution >= 4 is 22.8 Å². The largest absolute Gasteiger partial charge is 0.340 e. The standard InChI is InChI=1S/C27H27F7N6O2/c1-39-17(6-9-35-39)22(41)38-19(14-4-7-25(29,30)8-5-14)21-36-16-3-2-15(18(28)20(16)37-21)24(10-26(31,32)11-24)23(42)40-12-27(33,34)13-40/h2-3,6,9,14,19H,4-5,7-8,10-13H2,1H3,(H,36,37)(H,38,41)/t19-/m0/s1. The van der Waals surface area contributed by atoms with Crippen LogP contribution in [0.4, 0.5) is 30.7 Å². The predicted octanol–water partition coefficient (Wildman–Crippen LogP) is 4.88. The summed E-state index contributed by atoms with van der Waals surface area (Å²) in [5, 5.41) is 6.75. The SMILES string of the molecule is Cn1nccc1C(=O)N[C@H](c1nc2c(F)c(C3(C(=O)N4CC(F)(F)C4)CC(F)(F)C3)ccc2[nH]1)C1CCC(F)(F)CC1. The monoisotopic (exact) mass is 600 g/mol. The van der Waals surface area contributed by atoms with Gasteiger partial charge in [0.05, 0.1) is 30.1 Å². The third-order valence-corrected chi connectivity index (χ3v) is 8.66. The number of nitrogens with zero attached hydrogens (tertiary/aromatic N) is 4. The summed E-state index contributed by atoms with van der Waals surface area (Å²) in [4.78, 5) is 34.2. The van der Waals surface area contributed by atoms with E-state index in [9.17, 15) is 35.9 Å². The molecule has 3 aromatic rings. The molecule has 2 aromatic heterocycles. The minimum Gasteiger partial charge on any atom is -0.340 e. The Bertz CT molecular complexity index is 1540. The summed E-state index contributed by atoms with van der Waals surface area (Å²) in [7, 11) is 1.55. The van der Waals surface area contributed by atoms with Crippen LogP contribution >= 0.6 is 0 Å². The number of likely N-dealkylation sites (tertiary alicyclic amines) is 1. The van der Waals surface area contributed by atoms with Crippen LogP contribution < -0.4 is 5.32 Å². The van der Waals surface area contributed by atoms with Crippen LogP contribution in [0.15, 0.2) is 24.4 Å². The van der Waals surface area contributed by atoms with E-state index in [0.29, 0.717) is 0 Å². The number of fused-ring (bicyclic) bond motifs is 1. The fourth-order valence-electron chi connectivity index (χ4n) is 6.44. The van der Waals surface area contributed by atoms with Crippen LogP contribution in [0, 0.1) is 11.7 Å². The Morgan fingerprint density at radius 2 is 1.67 bits per heavy atom. The van der Waals surface area contributed by atoms with Crippen LogP contribution in [-0.2, 0) is 17.3 Å². The zero-order valence-electron chi connectivity index (χ0n) is 22.4. The molecule has 3 heterocycles. The molecule has 3 aliphatic rings. The molecule has 15 heteroatoms. The van der Waals surface area contributed by atoms with Crippen molar-refractivity contribution in [3.8, 4) is 0 Å². The Morgan fingerprint density at radius 3 is 2.24 bits per heavy atom. The number of carbonyl (C=O) groups excluding carboxylic acids is 2. The van der Waals surface area contributed by atoms with E-state index in [2.05, 4.69) is 20.4 Å². The minimum atomic E-state index is -3.29. The maximum atomic E-state index is 16.0. The summed E-state index contributed by atoms with van der Waals surface area (Å²) in [6.45, 7) is -1.87. The third kappa shape index (κ3) is 4.79. The summed E-state index contributed by atoms with van der Waals surface area (Å²) in [5.41, 5.74) is -2.42. The van der Waals surface area contributed by atoms with Gasteiger partial charge in [0, 0.05) is 44.5 Å². The molecule has 226 valence electrons. The molecule has 1 aromatic carbocycles. The van der Waals surface area contributed by atoms with Crippen molar-refractivity contribution in [1.82, 2.24) is 30.0 Å². The number of alkyl halides is 6. The number of nitrogens with one attached hydrogen (secondary N) is 2. The molecule has 1 atom stereocenters. The van der Waals surface area contributed by atoms with E-state index in [0.717, 1.165) is 11.0 Å². The fourth-order valence-corrected chi connectivity index (χ4v) is 6.44. The highest BCUT2D eigenvalue weighted by atomic mass is 19.3. The zero-order valence-corrected chi connectivity index (χ0v) is 22.4. The molecule has 0 bridgehead atoms. The lowest BCUT2D eigenvalue weighted by Crippen LogP contribution is -2.67. The zero-order chi connectivity index (χ0) is 30.2. The molecule has 1 aliphatic heterocycles. The van der Waals surface area contributed by atoms with Crippen molar-refractivity contribution in [2.24, 2.45) is 13.0 Å². The van der Waals surface area contributed by atoms with Gasteiger partial charge in [-0.2, -0.15) is 5.10 Å². The lowest BCUT2D eigenvalue weighted by molar-refractivity contribution is -0.192. The van der Waals surface area contributed by atoms with Crippen LogP contribution in [0.25, 0.3) is 11.0 Å². The maximum Gasteiger partial charge on any atom is 0.282 e. The molecule has 0 unspecified atom stereocenters. The molecular weight excluding hydrogens is 573 g/mol. The Hall–Kier alpha value is -3.65. The summed E-state index contributed by atoms with van der Waals surface area (Å²) in [6.07, 6.45) is -1.42. The normalized spacial score (nSPS) is 23.2. The van der Waals surface area contributed by atoms with Crippen LogP contribution in [-0.4, -0.2) is 67.3 Å². The predicted molar refractivity (Wildman–Crippen MR) is 134 cm³/mol. The highest BCUT2D eigenvalue weighted by Gasteiger charge is 2.65. The summed E-state index contributed by atoms with van der Waals surface area (Å²) < 4.78 is 100. The first-order chi connectivity index (χ1) is 19.6. The molecule has 8 nitrogen and oxygen atoms in total. The number of aromatic amines is 1. The van der Waals surface area contributed by atoms with Crippen LogP contribution in [0.2, 0.25) is 0 Å². The quantitative estimate of drug-likeness (QED) is 0.395. The average Bonchev–Trinajstić information content (AvgIpc) is 3.51. The van der Waals surface area contributed by atoms with E-state index < -0.39 is 91.5 Å². The Morgan fingerprint density at radius 1 is 1.00 bits per heavy atom.